The van der Waals surface area contributed by atoms with Crippen LogP contribution in [0.25, 0.3) is 10.8 Å². The predicted molar refractivity (Wildman–Crippen MR) is 121 cm³/mol. The number of carbonyl (C=O) groups excluding carboxylic acids is 1. The molecule has 2 N–H and O–H groups in total. The van der Waals surface area contributed by atoms with Crippen LogP contribution < -0.4 is 21.2 Å². The van der Waals surface area contributed by atoms with E-state index in [1.54, 1.807) is 31.2 Å². The maximum atomic E-state index is 12.6. The standard InChI is InChI=1S/C21H24N4O6S/c1-4-31-17-10-9-14(13-18(17)32(29,30)24(2)3)22-19(26)11-12-25-21(28)16-8-6-5-7-15(16)20(27)23-25/h5-10,13H,4,11-12H2,1-3H3,(H,22,26)(H,23,27). The predicted octanol–water partition coefficient (Wildman–Crippen LogP) is 1.37. The first-order valence-electron chi connectivity index (χ1n) is 9.86. The van der Waals surface area contributed by atoms with Gasteiger partial charge in [-0.15, -0.1) is 0 Å². The van der Waals surface area contributed by atoms with Crippen LogP contribution in [-0.4, -0.2) is 49.1 Å². The van der Waals surface area contributed by atoms with Crippen molar-refractivity contribution < 1.29 is 17.9 Å². The van der Waals surface area contributed by atoms with Gasteiger partial charge in [0.15, 0.2) is 0 Å². The molecule has 0 fully saturated rings. The zero-order valence-corrected chi connectivity index (χ0v) is 18.7. The maximum Gasteiger partial charge on any atom is 0.273 e. The Morgan fingerprint density at radius 1 is 1.12 bits per heavy atom. The van der Waals surface area contributed by atoms with Crippen LogP contribution in [0.1, 0.15) is 13.3 Å². The quantitative estimate of drug-likeness (QED) is 0.522. The molecule has 3 aromatic rings. The van der Waals surface area contributed by atoms with E-state index in [4.69, 9.17) is 4.74 Å². The number of amides is 1. The zero-order chi connectivity index (χ0) is 23.5. The summed E-state index contributed by atoms with van der Waals surface area (Å²) in [6.45, 7) is 1.96. The SMILES string of the molecule is CCOc1ccc(NC(=O)CCn2[nH]c(=O)c3ccccc3c2=O)cc1S(=O)(=O)N(C)C. The fourth-order valence-corrected chi connectivity index (χ4v) is 4.15. The molecule has 0 atom stereocenters. The van der Waals surface area contributed by atoms with Crippen LogP contribution in [0.4, 0.5) is 5.69 Å². The molecule has 0 spiro atoms. The first-order valence-corrected chi connectivity index (χ1v) is 11.3. The third-order valence-electron chi connectivity index (χ3n) is 4.73. The van der Waals surface area contributed by atoms with E-state index in [0.29, 0.717) is 0 Å². The number of nitrogens with one attached hydrogen (secondary N) is 2. The second kappa shape index (κ2) is 9.37. The lowest BCUT2D eigenvalue weighted by Crippen LogP contribution is -2.31. The van der Waals surface area contributed by atoms with Crippen LogP contribution in [0.3, 0.4) is 0 Å². The van der Waals surface area contributed by atoms with E-state index in [-0.39, 0.29) is 46.7 Å². The summed E-state index contributed by atoms with van der Waals surface area (Å²) < 4.78 is 32.8. The van der Waals surface area contributed by atoms with Crippen molar-refractivity contribution in [2.24, 2.45) is 0 Å². The highest BCUT2D eigenvalue weighted by Gasteiger charge is 2.23. The Balaban J connectivity index is 1.80. The molecule has 1 aromatic heterocycles. The van der Waals surface area contributed by atoms with Gasteiger partial charge in [0.25, 0.3) is 11.1 Å². The average Bonchev–Trinajstić information content (AvgIpc) is 2.76. The Kier molecular flexibility index (Phi) is 6.80. The van der Waals surface area contributed by atoms with Gasteiger partial charge in [0.2, 0.25) is 15.9 Å². The third kappa shape index (κ3) is 4.73. The van der Waals surface area contributed by atoms with Gasteiger partial charge in [-0.25, -0.2) is 17.4 Å². The molecular weight excluding hydrogens is 436 g/mol. The van der Waals surface area contributed by atoms with Gasteiger partial charge in [-0.05, 0) is 37.3 Å². The molecule has 0 aliphatic rings. The van der Waals surface area contributed by atoms with Gasteiger partial charge in [-0.2, -0.15) is 0 Å². The summed E-state index contributed by atoms with van der Waals surface area (Å²) in [5, 5.41) is 5.63. The van der Waals surface area contributed by atoms with Gasteiger partial charge < -0.3 is 10.1 Å². The number of rotatable bonds is 8. The number of ether oxygens (including phenoxy) is 1. The normalized spacial score (nSPS) is 11.6. The Labute approximate surface area is 184 Å². The average molecular weight is 461 g/mol. The molecule has 170 valence electrons. The summed E-state index contributed by atoms with van der Waals surface area (Å²) in [7, 11) is -1.00. The number of nitrogens with zero attached hydrogens (tertiary/aromatic N) is 2. The first-order chi connectivity index (χ1) is 15.1. The number of carbonyl (C=O) groups is 1. The van der Waals surface area contributed by atoms with Crippen molar-refractivity contribution in [3.05, 3.63) is 63.2 Å². The van der Waals surface area contributed by atoms with E-state index in [2.05, 4.69) is 10.4 Å². The van der Waals surface area contributed by atoms with Crippen LogP contribution >= 0.6 is 0 Å². The van der Waals surface area contributed by atoms with Crippen molar-refractivity contribution in [3.8, 4) is 5.75 Å². The number of anilines is 1. The zero-order valence-electron chi connectivity index (χ0n) is 17.9. The van der Waals surface area contributed by atoms with Gasteiger partial charge >= 0.3 is 0 Å². The number of fused-ring (bicyclic) bond motifs is 1. The summed E-state index contributed by atoms with van der Waals surface area (Å²) in [5.74, 6) is -0.275. The molecule has 1 heterocycles. The Hall–Kier alpha value is -3.44. The fourth-order valence-electron chi connectivity index (χ4n) is 3.10. The molecule has 0 saturated heterocycles. The van der Waals surface area contributed by atoms with Crippen LogP contribution in [0.15, 0.2) is 56.9 Å². The molecule has 3 rings (SSSR count). The van der Waals surface area contributed by atoms with Crippen molar-refractivity contribution >= 4 is 32.4 Å². The lowest BCUT2D eigenvalue weighted by Gasteiger charge is -2.16. The molecule has 1 amide bonds. The Bertz CT molecular complexity index is 1380. The topological polar surface area (TPSA) is 131 Å². The van der Waals surface area contributed by atoms with E-state index in [0.717, 1.165) is 8.99 Å². The number of aryl methyl sites for hydroxylation is 1. The Morgan fingerprint density at radius 3 is 2.47 bits per heavy atom. The minimum atomic E-state index is -3.80. The van der Waals surface area contributed by atoms with Crippen molar-refractivity contribution in [2.45, 2.75) is 24.8 Å². The van der Waals surface area contributed by atoms with E-state index >= 15 is 0 Å². The third-order valence-corrected chi connectivity index (χ3v) is 6.57. The Morgan fingerprint density at radius 2 is 1.81 bits per heavy atom. The number of sulfonamides is 1. The number of hydrogen-bond acceptors (Lipinski definition) is 6. The number of aromatic nitrogens is 2. The van der Waals surface area contributed by atoms with Crippen LogP contribution in [-0.2, 0) is 21.4 Å². The molecule has 0 aliphatic carbocycles. The van der Waals surface area contributed by atoms with Crippen LogP contribution in [0, 0.1) is 0 Å². The van der Waals surface area contributed by atoms with Gasteiger partial charge in [0.05, 0.1) is 23.9 Å². The highest BCUT2D eigenvalue weighted by Crippen LogP contribution is 2.29. The van der Waals surface area contributed by atoms with Gasteiger partial charge in [-0.3, -0.25) is 19.5 Å². The minimum absolute atomic E-state index is 0.0510. The van der Waals surface area contributed by atoms with E-state index in [9.17, 15) is 22.8 Å². The summed E-state index contributed by atoms with van der Waals surface area (Å²) in [5.41, 5.74) is -0.572. The van der Waals surface area contributed by atoms with Crippen molar-refractivity contribution in [3.63, 3.8) is 0 Å². The van der Waals surface area contributed by atoms with Gasteiger partial charge in [0, 0.05) is 26.2 Å². The molecule has 2 aromatic carbocycles. The molecule has 0 aliphatic heterocycles. The minimum Gasteiger partial charge on any atom is -0.492 e. The van der Waals surface area contributed by atoms with Gasteiger partial charge in [-0.1, -0.05) is 12.1 Å². The highest BCUT2D eigenvalue weighted by molar-refractivity contribution is 7.89. The summed E-state index contributed by atoms with van der Waals surface area (Å²) in [6.07, 6.45) is -0.114. The fraction of sp³-hybridized carbons (Fsp3) is 0.286. The largest absolute Gasteiger partial charge is 0.492 e. The number of aromatic amines is 1. The summed E-state index contributed by atoms with van der Waals surface area (Å²) in [4.78, 5) is 37.1. The second-order valence-electron chi connectivity index (χ2n) is 7.12. The van der Waals surface area contributed by atoms with Gasteiger partial charge in [0.1, 0.15) is 10.6 Å². The summed E-state index contributed by atoms with van der Waals surface area (Å²) in [6, 6.07) is 10.8. The molecule has 32 heavy (non-hydrogen) atoms. The van der Waals surface area contributed by atoms with Crippen molar-refractivity contribution in [1.82, 2.24) is 14.1 Å². The molecular formula is C21H24N4O6S. The maximum absolute atomic E-state index is 12.6. The lowest BCUT2D eigenvalue weighted by atomic mass is 10.2. The van der Waals surface area contributed by atoms with Crippen molar-refractivity contribution in [2.75, 3.05) is 26.0 Å². The second-order valence-corrected chi connectivity index (χ2v) is 9.24. The first kappa shape index (κ1) is 23.2. The molecule has 0 unspecified atom stereocenters. The molecule has 10 nitrogen and oxygen atoms in total. The van der Waals surface area contributed by atoms with E-state index in [1.165, 1.54) is 32.3 Å². The number of H-pyrrole nitrogens is 1. The molecule has 0 saturated carbocycles. The summed E-state index contributed by atoms with van der Waals surface area (Å²) >= 11 is 0. The smallest absolute Gasteiger partial charge is 0.273 e. The molecule has 0 radical (unpaired) electrons. The molecule has 0 bridgehead atoms. The van der Waals surface area contributed by atoms with E-state index < -0.39 is 27.0 Å². The van der Waals surface area contributed by atoms with Crippen LogP contribution in [0.2, 0.25) is 0 Å². The monoisotopic (exact) mass is 460 g/mol. The van der Waals surface area contributed by atoms with Crippen LogP contribution in [0.5, 0.6) is 5.75 Å². The lowest BCUT2D eigenvalue weighted by molar-refractivity contribution is -0.116. The molecule has 11 heteroatoms. The van der Waals surface area contributed by atoms with E-state index in [1.807, 2.05) is 0 Å². The highest BCUT2D eigenvalue weighted by atomic mass is 32.2. The number of benzene rings is 2. The number of hydrogen-bond donors (Lipinski definition) is 2. The van der Waals surface area contributed by atoms with Crippen molar-refractivity contribution in [1.29, 1.82) is 0 Å².